The molecular formula is C105H130O21. The summed E-state index contributed by atoms with van der Waals surface area (Å²) in [6.07, 6.45) is 30.4. The SMILES string of the molecule is C=CC(=O)OCCCCCCOc1ccc(C(=O)Oc2ccc(COc3ccc(OCCCCCC)cc3)cc2)cc1.C=CC(=O)OCCCCCCOc1ccc(COc2ccc(OC(=O)c3ccc(O)cc3)cc2)cc1.C=CC(=O)OCCCCCCOc1ccc(OCc2ccc(OC(=O)c3ccc(O)cc3)cc2)cc1.CCCCCC.CCCCCC. The molecule has 0 spiro atoms. The number of phenolic OH excluding ortho intramolecular Hbond substituents is 2. The fourth-order valence-corrected chi connectivity index (χ4v) is 11.4. The van der Waals surface area contributed by atoms with E-state index in [1.54, 1.807) is 72.8 Å². The zero-order valence-corrected chi connectivity index (χ0v) is 74.3. The molecule has 2 N–H and O–H groups in total. The van der Waals surface area contributed by atoms with Gasteiger partial charge in [-0.05, 0) is 282 Å². The van der Waals surface area contributed by atoms with Gasteiger partial charge in [0.15, 0.2) is 0 Å². The first kappa shape index (κ1) is 104. The molecule has 0 radical (unpaired) electrons. The van der Waals surface area contributed by atoms with Gasteiger partial charge in [0, 0.05) is 18.2 Å². The van der Waals surface area contributed by atoms with Crippen molar-refractivity contribution >= 4 is 35.8 Å². The number of esters is 6. The standard InChI is InChI=1S/C35H42O7.2C29H30O7.2C6H14/c1-3-5-6-9-24-39-31-20-22-32(23-21-31)41-27-28-12-16-33(17-13-28)42-35(37)29-14-18-30(19-15-29)38-25-10-7-8-11-26-40-34(36)4-2;1-2-28(31)34-20-6-4-3-5-19-33-25-15-17-26(18-16-25)35-21-22-7-13-27(14-8-22)36-29(32)23-9-11-24(30)12-10-23;1-2-28(31)34-20-6-4-3-5-19-33-25-13-7-22(8-14-25)21-35-26-15-17-27(18-16-26)36-29(32)23-9-11-24(30)12-10-23;2*1-3-5-6-4-2/h4,12-23H,2-3,5-11,24-27H2,1H3;2*2,7-18,30H,1,3-6,19-21H2;2*3-6H2,1-2H3. The lowest BCUT2D eigenvalue weighted by Gasteiger charge is -2.10. The number of aromatic hydroxyl groups is 2. The van der Waals surface area contributed by atoms with E-state index in [0.717, 1.165) is 136 Å². The van der Waals surface area contributed by atoms with Crippen LogP contribution < -0.4 is 47.4 Å². The van der Waals surface area contributed by atoms with Crippen LogP contribution in [0.3, 0.4) is 0 Å². The van der Waals surface area contributed by atoms with Crippen LogP contribution in [0, 0.1) is 0 Å². The number of ether oxygens (including phenoxy) is 13. The van der Waals surface area contributed by atoms with Crippen molar-refractivity contribution in [2.75, 3.05) is 46.2 Å². The molecule has 0 saturated carbocycles. The van der Waals surface area contributed by atoms with E-state index in [4.69, 9.17) is 61.6 Å². The van der Waals surface area contributed by atoms with Crippen LogP contribution in [0.15, 0.2) is 256 Å². The van der Waals surface area contributed by atoms with Crippen molar-refractivity contribution in [1.29, 1.82) is 0 Å². The Morgan fingerprint density at radius 2 is 0.413 bits per heavy atom. The summed E-state index contributed by atoms with van der Waals surface area (Å²) in [6.45, 7) is 26.2. The molecule has 126 heavy (non-hydrogen) atoms. The summed E-state index contributed by atoms with van der Waals surface area (Å²) in [6, 6.07) is 62.7. The van der Waals surface area contributed by atoms with Crippen LogP contribution >= 0.6 is 0 Å². The third-order valence-electron chi connectivity index (χ3n) is 18.7. The lowest BCUT2D eigenvalue weighted by molar-refractivity contribution is -0.138. The monoisotopic (exact) mass is 1730 g/mol. The Hall–Kier alpha value is -12.8. The van der Waals surface area contributed by atoms with Gasteiger partial charge in [0.05, 0.1) is 62.9 Å². The Morgan fingerprint density at radius 1 is 0.230 bits per heavy atom. The van der Waals surface area contributed by atoms with Crippen molar-refractivity contribution in [3.8, 4) is 69.0 Å². The van der Waals surface area contributed by atoms with Crippen molar-refractivity contribution in [2.24, 2.45) is 0 Å². The highest BCUT2D eigenvalue weighted by Gasteiger charge is 2.14. The highest BCUT2D eigenvalue weighted by atomic mass is 16.6. The number of rotatable bonds is 54. The molecule has 0 atom stereocenters. The quantitative estimate of drug-likeness (QED) is 0.0118. The molecule has 0 heterocycles. The Morgan fingerprint density at radius 3 is 0.651 bits per heavy atom. The second-order valence-electron chi connectivity index (χ2n) is 29.2. The number of benzene rings is 9. The molecule has 9 rings (SSSR count). The van der Waals surface area contributed by atoms with Gasteiger partial charge in [-0.2, -0.15) is 0 Å². The summed E-state index contributed by atoms with van der Waals surface area (Å²) >= 11 is 0. The van der Waals surface area contributed by atoms with E-state index in [1.165, 1.54) is 137 Å². The molecule has 0 fully saturated rings. The van der Waals surface area contributed by atoms with Gasteiger partial charge < -0.3 is 71.8 Å². The molecule has 0 unspecified atom stereocenters. The molecule has 21 nitrogen and oxygen atoms in total. The fraction of sp³-hybridized carbons (Fsp3) is 0.371. The van der Waals surface area contributed by atoms with Gasteiger partial charge in [0.1, 0.15) is 88.8 Å². The van der Waals surface area contributed by atoms with Crippen molar-refractivity contribution in [3.63, 3.8) is 0 Å². The van der Waals surface area contributed by atoms with Gasteiger partial charge in [0.25, 0.3) is 0 Å². The van der Waals surface area contributed by atoms with Crippen LogP contribution in [-0.2, 0) is 48.4 Å². The van der Waals surface area contributed by atoms with Crippen LogP contribution in [0.2, 0.25) is 0 Å². The summed E-state index contributed by atoms with van der Waals surface area (Å²) in [5.74, 6) is 4.15. The lowest BCUT2D eigenvalue weighted by Crippen LogP contribution is -2.08. The maximum Gasteiger partial charge on any atom is 0.343 e. The molecule has 0 aromatic heterocycles. The third kappa shape index (κ3) is 47.7. The van der Waals surface area contributed by atoms with Crippen molar-refractivity contribution in [3.05, 3.63) is 290 Å². The highest BCUT2D eigenvalue weighted by molar-refractivity contribution is 5.92. The average Bonchev–Trinajstić information content (AvgIpc) is 0.871. The minimum atomic E-state index is -0.502. The van der Waals surface area contributed by atoms with Crippen molar-refractivity contribution < 1.29 is 101 Å². The molecule has 0 bridgehead atoms. The van der Waals surface area contributed by atoms with Gasteiger partial charge in [-0.15, -0.1) is 0 Å². The first-order valence-corrected chi connectivity index (χ1v) is 44.2. The van der Waals surface area contributed by atoms with Crippen LogP contribution in [0.5, 0.6) is 69.0 Å². The van der Waals surface area contributed by atoms with E-state index in [9.17, 15) is 39.0 Å². The summed E-state index contributed by atoms with van der Waals surface area (Å²) in [7, 11) is 0. The number of phenols is 2. The Bertz CT molecular complexity index is 4250. The minimum Gasteiger partial charge on any atom is -0.508 e. The van der Waals surface area contributed by atoms with Crippen LogP contribution in [0.25, 0.3) is 0 Å². The molecule has 0 aliphatic carbocycles. The van der Waals surface area contributed by atoms with Gasteiger partial charge >= 0.3 is 35.8 Å². The normalized spacial score (nSPS) is 10.3. The van der Waals surface area contributed by atoms with Crippen LogP contribution in [-0.4, -0.2) is 92.3 Å². The molecular weight excluding hydrogens is 1600 g/mol. The molecule has 0 saturated heterocycles. The van der Waals surface area contributed by atoms with E-state index >= 15 is 0 Å². The van der Waals surface area contributed by atoms with Gasteiger partial charge in [-0.1, -0.05) is 161 Å². The van der Waals surface area contributed by atoms with E-state index in [2.05, 4.69) is 54.4 Å². The second kappa shape index (κ2) is 65.8. The molecule has 9 aromatic rings. The number of hydrogen-bond acceptors (Lipinski definition) is 21. The second-order valence-corrected chi connectivity index (χ2v) is 29.2. The number of unbranched alkanes of at least 4 members (excludes halogenated alkanes) is 18. The van der Waals surface area contributed by atoms with Crippen LogP contribution in [0.1, 0.15) is 236 Å². The molecule has 0 aliphatic rings. The first-order chi connectivity index (χ1) is 61.5. The maximum atomic E-state index is 12.6. The molecule has 21 heteroatoms. The topological polar surface area (TPSA) is 263 Å². The highest BCUT2D eigenvalue weighted by Crippen LogP contribution is 2.27. The maximum absolute atomic E-state index is 12.6. The number of carbonyl (C=O) groups is 6. The van der Waals surface area contributed by atoms with Gasteiger partial charge in [0.2, 0.25) is 0 Å². The summed E-state index contributed by atoms with van der Waals surface area (Å²) < 4.78 is 71.6. The Balaban J connectivity index is 0.000000315. The summed E-state index contributed by atoms with van der Waals surface area (Å²) in [4.78, 5) is 69.8. The first-order valence-electron chi connectivity index (χ1n) is 44.2. The minimum absolute atomic E-state index is 0.0872. The van der Waals surface area contributed by atoms with Crippen molar-refractivity contribution in [2.45, 2.75) is 209 Å². The molecule has 0 aliphatic heterocycles. The molecule has 0 amide bonds. The predicted octanol–water partition coefficient (Wildman–Crippen LogP) is 25.0. The van der Waals surface area contributed by atoms with Gasteiger partial charge in [-0.25, -0.2) is 28.8 Å². The van der Waals surface area contributed by atoms with E-state index in [0.29, 0.717) is 105 Å². The summed E-state index contributed by atoms with van der Waals surface area (Å²) in [5, 5.41) is 18.6. The fourth-order valence-electron chi connectivity index (χ4n) is 11.4. The smallest absolute Gasteiger partial charge is 0.343 e. The van der Waals surface area contributed by atoms with Crippen molar-refractivity contribution in [1.82, 2.24) is 0 Å². The third-order valence-corrected chi connectivity index (χ3v) is 18.7. The molecule has 676 valence electrons. The van der Waals surface area contributed by atoms with E-state index < -0.39 is 17.9 Å². The average molecular weight is 1730 g/mol. The molecule has 9 aromatic carbocycles. The largest absolute Gasteiger partial charge is 0.508 e. The number of carbonyl (C=O) groups excluding carboxylic acids is 6. The lowest BCUT2D eigenvalue weighted by atomic mass is 10.2. The zero-order chi connectivity index (χ0) is 90.7. The Kier molecular flexibility index (Phi) is 54.2. The van der Waals surface area contributed by atoms with E-state index in [-0.39, 0.29) is 29.4 Å². The Labute approximate surface area is 745 Å². The predicted molar refractivity (Wildman–Crippen MR) is 494 cm³/mol. The number of hydrogen-bond donors (Lipinski definition) is 2. The van der Waals surface area contributed by atoms with Crippen LogP contribution in [0.4, 0.5) is 0 Å². The van der Waals surface area contributed by atoms with Gasteiger partial charge in [-0.3, -0.25) is 0 Å². The van der Waals surface area contributed by atoms with E-state index in [1.807, 2.05) is 97.1 Å². The summed E-state index contributed by atoms with van der Waals surface area (Å²) in [5.41, 5.74) is 4.04. The zero-order valence-electron chi connectivity index (χ0n) is 74.3.